The molecule has 142 valence electrons. The Morgan fingerprint density at radius 3 is 2.00 bits per heavy atom. The van der Waals surface area contributed by atoms with Gasteiger partial charge in [-0.15, -0.1) is 5.54 Å². The van der Waals surface area contributed by atoms with Gasteiger partial charge in [0.15, 0.2) is 8.32 Å². The predicted molar refractivity (Wildman–Crippen MR) is 106 cm³/mol. The molecule has 0 aliphatic heterocycles. The second kappa shape index (κ2) is 10.7. The molecular formula is C18H38O4Si2. The van der Waals surface area contributed by atoms with Gasteiger partial charge in [0.2, 0.25) is 0 Å². The minimum Gasteiger partial charge on any atom is -0.403 e. The molecule has 0 aromatic rings. The van der Waals surface area contributed by atoms with Crippen LogP contribution in [0.5, 0.6) is 0 Å². The van der Waals surface area contributed by atoms with Crippen LogP contribution in [0.1, 0.15) is 27.2 Å². The van der Waals surface area contributed by atoms with Gasteiger partial charge in [0.25, 0.3) is 0 Å². The molecule has 0 saturated carbocycles. The first kappa shape index (κ1) is 23.8. The Bertz CT molecular complexity index is 400. The number of hydrogen-bond acceptors (Lipinski definition) is 4. The summed E-state index contributed by atoms with van der Waals surface area (Å²) in [6, 6.07) is 0. The van der Waals surface area contributed by atoms with Gasteiger partial charge in [0.05, 0.1) is 19.8 Å². The lowest BCUT2D eigenvalue weighted by Crippen LogP contribution is -2.44. The predicted octanol–water partition coefficient (Wildman–Crippen LogP) is 4.28. The molecule has 0 fully saturated rings. The van der Waals surface area contributed by atoms with Crippen molar-refractivity contribution < 1.29 is 18.6 Å². The van der Waals surface area contributed by atoms with E-state index >= 15 is 0 Å². The fourth-order valence-electron chi connectivity index (χ4n) is 1.50. The minimum absolute atomic E-state index is 0.0587. The van der Waals surface area contributed by atoms with Crippen molar-refractivity contribution in [2.45, 2.75) is 71.1 Å². The molecule has 4 nitrogen and oxygen atoms in total. The largest absolute Gasteiger partial charge is 0.403 e. The van der Waals surface area contributed by atoms with Gasteiger partial charge in [0, 0.05) is 13.5 Å². The summed E-state index contributed by atoms with van der Waals surface area (Å²) < 4.78 is 22.3. The summed E-state index contributed by atoms with van der Waals surface area (Å²) in [7, 11) is -1.60. The normalized spacial score (nSPS) is 14.2. The van der Waals surface area contributed by atoms with Gasteiger partial charge < -0.3 is 18.6 Å². The van der Waals surface area contributed by atoms with Crippen LogP contribution >= 0.6 is 0 Å². The van der Waals surface area contributed by atoms with E-state index in [1.54, 1.807) is 7.11 Å². The standard InChI is InChI=1S/C18H38O4Si2/c1-18(2,3)24(8,9)22-17(11-15-23(5,6)7)10-12-20-16-21-14-13-19-4/h17H,10,12-14,16H2,1-9H3/t17-/m0/s1. The highest BCUT2D eigenvalue weighted by atomic mass is 28.4. The fraction of sp³-hybridized carbons (Fsp3) is 0.889. The van der Waals surface area contributed by atoms with E-state index in [0.717, 1.165) is 6.42 Å². The van der Waals surface area contributed by atoms with Crippen LogP contribution in [0.25, 0.3) is 0 Å². The van der Waals surface area contributed by atoms with E-state index in [4.69, 9.17) is 18.6 Å². The Labute approximate surface area is 151 Å². The number of ether oxygens (including phenoxy) is 3. The lowest BCUT2D eigenvalue weighted by molar-refractivity contribution is -0.0692. The summed E-state index contributed by atoms with van der Waals surface area (Å²) in [4.78, 5) is 0. The van der Waals surface area contributed by atoms with Crippen LogP contribution in [0.3, 0.4) is 0 Å². The fourth-order valence-corrected chi connectivity index (χ4v) is 3.34. The molecule has 24 heavy (non-hydrogen) atoms. The molecule has 6 heteroatoms. The van der Waals surface area contributed by atoms with E-state index in [0.29, 0.717) is 19.8 Å². The molecule has 1 atom stereocenters. The van der Waals surface area contributed by atoms with Crippen molar-refractivity contribution in [1.82, 2.24) is 0 Å². The molecular weight excluding hydrogens is 336 g/mol. The molecule has 0 aromatic carbocycles. The Balaban J connectivity index is 4.58. The van der Waals surface area contributed by atoms with Crippen LogP contribution in [-0.2, 0) is 18.6 Å². The van der Waals surface area contributed by atoms with E-state index in [9.17, 15) is 0 Å². The van der Waals surface area contributed by atoms with E-state index in [1.807, 2.05) is 0 Å². The van der Waals surface area contributed by atoms with Crippen LogP contribution < -0.4 is 0 Å². The van der Waals surface area contributed by atoms with E-state index < -0.39 is 16.4 Å². The maximum Gasteiger partial charge on any atom is 0.193 e. The smallest absolute Gasteiger partial charge is 0.193 e. The Hall–Kier alpha value is -0.166. The molecule has 0 bridgehead atoms. The Kier molecular flexibility index (Phi) is 10.7. The second-order valence-corrected chi connectivity index (χ2v) is 18.1. The summed E-state index contributed by atoms with van der Waals surface area (Å²) in [5.74, 6) is 3.38. The van der Waals surface area contributed by atoms with E-state index in [-0.39, 0.29) is 17.9 Å². The third kappa shape index (κ3) is 11.4. The van der Waals surface area contributed by atoms with Gasteiger partial charge in [-0.3, -0.25) is 0 Å². The van der Waals surface area contributed by atoms with E-state index in [1.165, 1.54) is 0 Å². The van der Waals surface area contributed by atoms with Gasteiger partial charge >= 0.3 is 0 Å². The maximum absolute atomic E-state index is 6.49. The average Bonchev–Trinajstić information content (AvgIpc) is 2.41. The monoisotopic (exact) mass is 374 g/mol. The van der Waals surface area contributed by atoms with Crippen molar-refractivity contribution in [1.29, 1.82) is 0 Å². The highest BCUT2D eigenvalue weighted by Crippen LogP contribution is 2.37. The van der Waals surface area contributed by atoms with Crippen molar-refractivity contribution in [3.05, 3.63) is 0 Å². The molecule has 0 aromatic heterocycles. The molecule has 0 aliphatic carbocycles. The van der Waals surface area contributed by atoms with Crippen LogP contribution in [0.4, 0.5) is 0 Å². The van der Waals surface area contributed by atoms with E-state index in [2.05, 4.69) is 65.0 Å². The molecule has 0 saturated heterocycles. The highest BCUT2D eigenvalue weighted by molar-refractivity contribution is 6.83. The maximum atomic E-state index is 6.49. The van der Waals surface area contributed by atoms with Gasteiger partial charge in [0.1, 0.15) is 21.0 Å². The van der Waals surface area contributed by atoms with Crippen molar-refractivity contribution in [2.75, 3.05) is 33.7 Å². The second-order valence-electron chi connectivity index (χ2n) is 8.60. The van der Waals surface area contributed by atoms with Crippen molar-refractivity contribution in [3.8, 4) is 11.5 Å². The first-order chi connectivity index (χ1) is 10.9. The molecule has 0 N–H and O–H groups in total. The molecule has 0 radical (unpaired) electrons. The van der Waals surface area contributed by atoms with Crippen LogP contribution in [0, 0.1) is 11.5 Å². The highest BCUT2D eigenvalue weighted by Gasteiger charge is 2.38. The zero-order valence-electron chi connectivity index (χ0n) is 17.2. The summed E-state index contributed by atoms with van der Waals surface area (Å²) in [5.41, 5.74) is 3.45. The van der Waals surface area contributed by atoms with Gasteiger partial charge in [-0.1, -0.05) is 46.3 Å². The lowest BCUT2D eigenvalue weighted by Gasteiger charge is -2.38. The molecule has 0 heterocycles. The Morgan fingerprint density at radius 1 is 0.917 bits per heavy atom. The average molecular weight is 375 g/mol. The molecule has 0 rings (SSSR count). The molecule has 0 amide bonds. The first-order valence-electron chi connectivity index (χ1n) is 8.74. The third-order valence-corrected chi connectivity index (χ3v) is 9.35. The zero-order valence-corrected chi connectivity index (χ0v) is 19.2. The summed E-state index contributed by atoms with van der Waals surface area (Å²) >= 11 is 0. The number of hydrogen-bond donors (Lipinski definition) is 0. The number of methoxy groups -OCH3 is 1. The zero-order chi connectivity index (χ0) is 18.9. The summed E-state index contributed by atoms with van der Waals surface area (Å²) in [6.45, 7) is 20.1. The molecule has 0 aliphatic rings. The molecule has 0 spiro atoms. The topological polar surface area (TPSA) is 36.9 Å². The van der Waals surface area contributed by atoms with Crippen LogP contribution in [0.15, 0.2) is 0 Å². The summed E-state index contributed by atoms with van der Waals surface area (Å²) in [5, 5.41) is 0.177. The summed E-state index contributed by atoms with van der Waals surface area (Å²) in [6.07, 6.45) is 0.717. The lowest BCUT2D eigenvalue weighted by atomic mass is 10.2. The minimum atomic E-state index is -1.84. The SMILES string of the molecule is COCCOCOCC[C@@H](C#C[Si](C)(C)C)O[Si](C)(C)C(C)(C)C. The van der Waals surface area contributed by atoms with Gasteiger partial charge in [-0.05, 0) is 18.1 Å². The third-order valence-electron chi connectivity index (χ3n) is 3.97. The van der Waals surface area contributed by atoms with Crippen LogP contribution in [-0.4, -0.2) is 56.2 Å². The first-order valence-corrected chi connectivity index (χ1v) is 15.1. The van der Waals surface area contributed by atoms with Crippen LogP contribution in [0.2, 0.25) is 37.8 Å². The van der Waals surface area contributed by atoms with Crippen molar-refractivity contribution in [3.63, 3.8) is 0 Å². The number of rotatable bonds is 10. The van der Waals surface area contributed by atoms with Crippen molar-refractivity contribution >= 4 is 16.4 Å². The van der Waals surface area contributed by atoms with Crippen molar-refractivity contribution in [2.24, 2.45) is 0 Å². The quantitative estimate of drug-likeness (QED) is 0.247. The molecule has 0 unspecified atom stereocenters. The van der Waals surface area contributed by atoms with Gasteiger partial charge in [-0.25, -0.2) is 0 Å². The van der Waals surface area contributed by atoms with Gasteiger partial charge in [-0.2, -0.15) is 0 Å². The Morgan fingerprint density at radius 2 is 1.50 bits per heavy atom.